The summed E-state index contributed by atoms with van der Waals surface area (Å²) in [7, 11) is 0. The minimum atomic E-state index is -3.67. The van der Waals surface area contributed by atoms with Crippen molar-refractivity contribution in [2.45, 2.75) is 6.68 Å². The molecule has 0 bridgehead atoms. The second kappa shape index (κ2) is 4.54. The number of aromatic nitrogens is 1. The number of hydrogen-bond donors (Lipinski definition) is 1. The highest BCUT2D eigenvalue weighted by atomic mass is 19.4. The van der Waals surface area contributed by atoms with Crippen LogP contribution in [0.3, 0.4) is 0 Å². The van der Waals surface area contributed by atoms with Crippen LogP contribution < -0.4 is 0 Å². The second-order valence-corrected chi connectivity index (χ2v) is 2.31. The molecular formula is C9H8F3N. The van der Waals surface area contributed by atoms with E-state index in [0.29, 0.717) is 0 Å². The first-order valence-electron chi connectivity index (χ1n) is 3.64. The molecule has 0 atom stereocenters. The van der Waals surface area contributed by atoms with Crippen LogP contribution in [0.1, 0.15) is 0 Å². The van der Waals surface area contributed by atoms with E-state index in [1.54, 1.807) is 0 Å². The molecule has 1 aromatic heterocycles. The Kier molecular flexibility index (Phi) is 3.37. The molecule has 0 saturated heterocycles. The maximum absolute atomic E-state index is 9.67. The lowest BCUT2D eigenvalue weighted by atomic mass is 10.3. The average Bonchev–Trinajstić information content (AvgIpc) is 2.49. The smallest absolute Gasteiger partial charge is 0.361 e. The van der Waals surface area contributed by atoms with Crippen molar-refractivity contribution in [2.75, 3.05) is 0 Å². The molecule has 2 aromatic rings. The molecule has 1 heterocycles. The van der Waals surface area contributed by atoms with Gasteiger partial charge in [0, 0.05) is 11.7 Å². The van der Waals surface area contributed by atoms with Crippen molar-refractivity contribution in [3.8, 4) is 0 Å². The molecule has 0 aliphatic rings. The number of aromatic amines is 1. The van der Waals surface area contributed by atoms with E-state index in [2.05, 4.69) is 23.2 Å². The number of para-hydroxylation sites is 1. The third-order valence-corrected chi connectivity index (χ3v) is 1.46. The molecule has 70 valence electrons. The lowest BCUT2D eigenvalue weighted by molar-refractivity contribution is 0.00819. The van der Waals surface area contributed by atoms with Gasteiger partial charge in [-0.2, -0.15) is 13.2 Å². The summed E-state index contributed by atoms with van der Waals surface area (Å²) < 4.78 is 29.0. The molecule has 0 aliphatic carbocycles. The first kappa shape index (κ1) is 9.64. The van der Waals surface area contributed by atoms with Gasteiger partial charge in [0.25, 0.3) is 0 Å². The van der Waals surface area contributed by atoms with Crippen molar-refractivity contribution < 1.29 is 13.2 Å². The van der Waals surface area contributed by atoms with Gasteiger partial charge in [0.2, 0.25) is 0 Å². The van der Waals surface area contributed by atoms with Crippen molar-refractivity contribution in [3.05, 3.63) is 36.5 Å². The van der Waals surface area contributed by atoms with E-state index in [0.717, 1.165) is 0 Å². The summed E-state index contributed by atoms with van der Waals surface area (Å²) in [6, 6.07) is 10.3. The zero-order chi connectivity index (χ0) is 9.68. The predicted octanol–water partition coefficient (Wildman–Crippen LogP) is 3.35. The van der Waals surface area contributed by atoms with E-state index in [1.807, 2.05) is 18.3 Å². The lowest BCUT2D eigenvalue weighted by Gasteiger charge is -1.83. The topological polar surface area (TPSA) is 15.8 Å². The Morgan fingerprint density at radius 3 is 2.23 bits per heavy atom. The monoisotopic (exact) mass is 187 g/mol. The van der Waals surface area contributed by atoms with Crippen LogP contribution in [0.4, 0.5) is 13.2 Å². The molecule has 1 N–H and O–H groups in total. The average molecular weight is 187 g/mol. The maximum Gasteiger partial charge on any atom is 0.379 e. The molecule has 1 aromatic carbocycles. The van der Waals surface area contributed by atoms with Crippen molar-refractivity contribution in [3.63, 3.8) is 0 Å². The molecular weight excluding hydrogens is 179 g/mol. The fourth-order valence-corrected chi connectivity index (χ4v) is 0.995. The fourth-order valence-electron chi connectivity index (χ4n) is 0.995. The van der Waals surface area contributed by atoms with Gasteiger partial charge in [-0.1, -0.05) is 18.2 Å². The molecule has 13 heavy (non-hydrogen) atoms. The van der Waals surface area contributed by atoms with Crippen molar-refractivity contribution in [1.29, 1.82) is 0 Å². The van der Waals surface area contributed by atoms with Gasteiger partial charge in [-0.25, -0.2) is 0 Å². The van der Waals surface area contributed by atoms with Crippen LogP contribution in [-0.4, -0.2) is 11.7 Å². The largest absolute Gasteiger partial charge is 0.379 e. The lowest BCUT2D eigenvalue weighted by Crippen LogP contribution is -1.65. The summed E-state index contributed by atoms with van der Waals surface area (Å²) in [6.07, 6.45) is 1.95. The summed E-state index contributed by atoms with van der Waals surface area (Å²) in [6.45, 7) is -3.67. The molecule has 0 unspecified atom stereocenters. The third kappa shape index (κ3) is 3.19. The predicted molar refractivity (Wildman–Crippen MR) is 45.4 cm³/mol. The summed E-state index contributed by atoms with van der Waals surface area (Å²) >= 11 is 0. The number of H-pyrrole nitrogens is 1. The minimum Gasteiger partial charge on any atom is -0.361 e. The van der Waals surface area contributed by atoms with E-state index >= 15 is 0 Å². The van der Waals surface area contributed by atoms with Crippen LogP contribution in [-0.2, 0) is 0 Å². The highest BCUT2D eigenvalue weighted by Gasteiger charge is 1.87. The second-order valence-electron chi connectivity index (χ2n) is 2.31. The first-order chi connectivity index (χ1) is 6.20. The van der Waals surface area contributed by atoms with Gasteiger partial charge in [-0.3, -0.25) is 0 Å². The van der Waals surface area contributed by atoms with Gasteiger partial charge in [0.05, 0.1) is 0 Å². The van der Waals surface area contributed by atoms with Crippen LogP contribution in [0.15, 0.2) is 36.5 Å². The van der Waals surface area contributed by atoms with Gasteiger partial charge in [0.1, 0.15) is 0 Å². The Bertz CT molecular complexity index is 323. The van der Waals surface area contributed by atoms with Gasteiger partial charge in [-0.05, 0) is 17.5 Å². The van der Waals surface area contributed by atoms with E-state index in [1.165, 1.54) is 10.9 Å². The Balaban J connectivity index is 0.000000184. The summed E-state index contributed by atoms with van der Waals surface area (Å²) in [5.41, 5.74) is 1.21. The molecule has 0 aliphatic heterocycles. The zero-order valence-corrected chi connectivity index (χ0v) is 6.68. The molecule has 0 fully saturated rings. The fraction of sp³-hybridized carbons (Fsp3) is 0.111. The molecule has 0 saturated carbocycles. The molecule has 0 radical (unpaired) electrons. The number of rotatable bonds is 0. The van der Waals surface area contributed by atoms with Crippen LogP contribution in [0, 0.1) is 0 Å². The van der Waals surface area contributed by atoms with Crippen LogP contribution in [0.2, 0.25) is 0 Å². The van der Waals surface area contributed by atoms with E-state index in [4.69, 9.17) is 0 Å². The maximum atomic E-state index is 9.67. The summed E-state index contributed by atoms with van der Waals surface area (Å²) in [4.78, 5) is 3.12. The van der Waals surface area contributed by atoms with Crippen molar-refractivity contribution in [2.24, 2.45) is 0 Å². The molecule has 2 rings (SSSR count). The first-order valence-corrected chi connectivity index (χ1v) is 3.64. The van der Waals surface area contributed by atoms with Gasteiger partial charge < -0.3 is 4.98 Å². The Hall–Kier alpha value is -1.45. The Morgan fingerprint density at radius 2 is 1.62 bits per heavy atom. The highest BCUT2D eigenvalue weighted by Crippen LogP contribution is 2.09. The van der Waals surface area contributed by atoms with Crippen LogP contribution in [0.25, 0.3) is 10.9 Å². The van der Waals surface area contributed by atoms with Crippen LogP contribution in [0.5, 0.6) is 0 Å². The third-order valence-electron chi connectivity index (χ3n) is 1.46. The molecule has 4 heteroatoms. The van der Waals surface area contributed by atoms with E-state index < -0.39 is 6.68 Å². The number of hydrogen-bond acceptors (Lipinski definition) is 0. The quantitative estimate of drug-likeness (QED) is 0.651. The number of fused-ring (bicyclic) bond motifs is 1. The number of benzene rings is 1. The van der Waals surface area contributed by atoms with Gasteiger partial charge >= 0.3 is 6.68 Å². The minimum absolute atomic E-state index is 1.21. The Morgan fingerprint density at radius 1 is 1.00 bits per heavy atom. The summed E-state index contributed by atoms with van der Waals surface area (Å²) in [5.74, 6) is 0. The number of halogens is 3. The van der Waals surface area contributed by atoms with E-state index in [-0.39, 0.29) is 0 Å². The Labute approximate surface area is 73.2 Å². The number of nitrogens with one attached hydrogen (secondary N) is 1. The molecule has 1 nitrogen and oxygen atoms in total. The molecule has 0 spiro atoms. The van der Waals surface area contributed by atoms with Crippen molar-refractivity contribution in [1.82, 2.24) is 4.98 Å². The zero-order valence-electron chi connectivity index (χ0n) is 6.68. The number of alkyl halides is 3. The SMILES string of the molecule is FC(F)F.c1ccc2[nH]ccc2c1. The standard InChI is InChI=1S/C8H7N.CHF3/c1-2-4-8-7(3-1)5-6-9-8;2-1(3)4/h1-6,9H;1H. The highest BCUT2D eigenvalue weighted by molar-refractivity contribution is 5.78. The normalized spacial score (nSPS) is 9.85. The van der Waals surface area contributed by atoms with Crippen LogP contribution >= 0.6 is 0 Å². The van der Waals surface area contributed by atoms with Gasteiger partial charge in [-0.15, -0.1) is 0 Å². The van der Waals surface area contributed by atoms with E-state index in [9.17, 15) is 13.2 Å². The summed E-state index contributed by atoms with van der Waals surface area (Å²) in [5, 5.41) is 1.28. The van der Waals surface area contributed by atoms with Crippen molar-refractivity contribution >= 4 is 10.9 Å². The molecule has 0 amide bonds. The van der Waals surface area contributed by atoms with Gasteiger partial charge in [0.15, 0.2) is 0 Å².